The summed E-state index contributed by atoms with van der Waals surface area (Å²) < 4.78 is 5.12. The average molecular weight is 214 g/mol. The molecule has 0 aliphatic heterocycles. The summed E-state index contributed by atoms with van der Waals surface area (Å²) in [6.07, 6.45) is 7.56. The monoisotopic (exact) mass is 214 g/mol. The lowest BCUT2D eigenvalue weighted by molar-refractivity contribution is -0.144. The van der Waals surface area contributed by atoms with Gasteiger partial charge in [-0.15, -0.1) is 0 Å². The van der Waals surface area contributed by atoms with Crippen molar-refractivity contribution in [2.75, 3.05) is 6.61 Å². The van der Waals surface area contributed by atoms with E-state index in [1.165, 1.54) is 19.3 Å². The second-order valence-electron chi connectivity index (χ2n) is 4.38. The SMILES string of the molecule is CCCCC[C@H](C)CC(=O)OCCCC. The highest BCUT2D eigenvalue weighted by Gasteiger charge is 2.09. The minimum absolute atomic E-state index is 0.0209. The summed E-state index contributed by atoms with van der Waals surface area (Å²) in [4.78, 5) is 11.3. The number of carbonyl (C=O) groups excluding carboxylic acids is 1. The van der Waals surface area contributed by atoms with Gasteiger partial charge in [0.15, 0.2) is 0 Å². The highest BCUT2D eigenvalue weighted by Crippen LogP contribution is 2.13. The van der Waals surface area contributed by atoms with Crippen LogP contribution in [-0.4, -0.2) is 12.6 Å². The van der Waals surface area contributed by atoms with Gasteiger partial charge in [0.2, 0.25) is 0 Å². The Morgan fingerprint density at radius 3 is 2.40 bits per heavy atom. The van der Waals surface area contributed by atoms with E-state index in [9.17, 15) is 4.79 Å². The molecule has 1 atom stereocenters. The normalized spacial score (nSPS) is 12.5. The Kier molecular flexibility index (Phi) is 9.65. The summed E-state index contributed by atoms with van der Waals surface area (Å²) in [5.41, 5.74) is 0. The van der Waals surface area contributed by atoms with E-state index < -0.39 is 0 Å². The van der Waals surface area contributed by atoms with Gasteiger partial charge >= 0.3 is 5.97 Å². The van der Waals surface area contributed by atoms with Crippen LogP contribution in [-0.2, 0) is 9.53 Å². The maximum atomic E-state index is 11.3. The molecule has 0 N–H and O–H groups in total. The molecule has 0 saturated carbocycles. The van der Waals surface area contributed by atoms with Crippen LogP contribution in [0.5, 0.6) is 0 Å². The molecule has 2 heteroatoms. The molecule has 15 heavy (non-hydrogen) atoms. The van der Waals surface area contributed by atoms with E-state index in [4.69, 9.17) is 4.74 Å². The van der Waals surface area contributed by atoms with Crippen molar-refractivity contribution in [2.45, 2.75) is 65.7 Å². The number of carbonyl (C=O) groups is 1. The van der Waals surface area contributed by atoms with Crippen molar-refractivity contribution in [3.8, 4) is 0 Å². The van der Waals surface area contributed by atoms with E-state index in [1.807, 2.05) is 0 Å². The fourth-order valence-electron chi connectivity index (χ4n) is 1.52. The summed E-state index contributed by atoms with van der Waals surface area (Å²) in [6, 6.07) is 0. The molecule has 0 aromatic heterocycles. The fraction of sp³-hybridized carbons (Fsp3) is 0.923. The molecule has 0 unspecified atom stereocenters. The minimum atomic E-state index is -0.0209. The summed E-state index contributed by atoms with van der Waals surface area (Å²) >= 11 is 0. The molecule has 0 radical (unpaired) electrons. The average Bonchev–Trinajstić information content (AvgIpc) is 2.18. The predicted molar refractivity (Wildman–Crippen MR) is 63.8 cm³/mol. The van der Waals surface area contributed by atoms with Crippen LogP contribution >= 0.6 is 0 Å². The lowest BCUT2D eigenvalue weighted by Gasteiger charge is -2.10. The first kappa shape index (κ1) is 14.5. The van der Waals surface area contributed by atoms with E-state index in [0.29, 0.717) is 18.9 Å². The van der Waals surface area contributed by atoms with Crippen molar-refractivity contribution in [2.24, 2.45) is 5.92 Å². The van der Waals surface area contributed by atoms with E-state index in [0.717, 1.165) is 19.3 Å². The highest BCUT2D eigenvalue weighted by molar-refractivity contribution is 5.69. The second kappa shape index (κ2) is 10.0. The van der Waals surface area contributed by atoms with Gasteiger partial charge in [-0.2, -0.15) is 0 Å². The zero-order valence-corrected chi connectivity index (χ0v) is 10.6. The van der Waals surface area contributed by atoms with Crippen LogP contribution in [0.4, 0.5) is 0 Å². The maximum Gasteiger partial charge on any atom is 0.306 e. The summed E-state index contributed by atoms with van der Waals surface area (Å²) in [5.74, 6) is 0.457. The topological polar surface area (TPSA) is 26.3 Å². The lowest BCUT2D eigenvalue weighted by Crippen LogP contribution is -2.10. The third-order valence-electron chi connectivity index (χ3n) is 2.58. The molecular weight excluding hydrogens is 188 g/mol. The van der Waals surface area contributed by atoms with Gasteiger partial charge in [-0.1, -0.05) is 52.9 Å². The van der Waals surface area contributed by atoms with E-state index in [2.05, 4.69) is 20.8 Å². The van der Waals surface area contributed by atoms with Crippen molar-refractivity contribution in [3.05, 3.63) is 0 Å². The van der Waals surface area contributed by atoms with Crippen molar-refractivity contribution < 1.29 is 9.53 Å². The van der Waals surface area contributed by atoms with Crippen LogP contribution in [0.3, 0.4) is 0 Å². The fourth-order valence-corrected chi connectivity index (χ4v) is 1.52. The highest BCUT2D eigenvalue weighted by atomic mass is 16.5. The van der Waals surface area contributed by atoms with Crippen LogP contribution in [0.25, 0.3) is 0 Å². The first-order chi connectivity index (χ1) is 7.20. The largest absolute Gasteiger partial charge is 0.466 e. The summed E-state index contributed by atoms with van der Waals surface area (Å²) in [5, 5.41) is 0. The zero-order valence-electron chi connectivity index (χ0n) is 10.6. The predicted octanol–water partition coefficient (Wildman–Crippen LogP) is 3.94. The van der Waals surface area contributed by atoms with Crippen LogP contribution in [0.15, 0.2) is 0 Å². The van der Waals surface area contributed by atoms with Crippen LogP contribution in [0.1, 0.15) is 65.7 Å². The van der Waals surface area contributed by atoms with Crippen LogP contribution < -0.4 is 0 Å². The molecule has 0 saturated heterocycles. The number of rotatable bonds is 9. The first-order valence-electron chi connectivity index (χ1n) is 6.36. The third-order valence-corrected chi connectivity index (χ3v) is 2.58. The standard InChI is InChI=1S/C13H26O2/c1-4-6-8-9-12(3)11-13(14)15-10-7-5-2/h12H,4-11H2,1-3H3/t12-/m0/s1. The molecule has 0 aliphatic rings. The molecule has 0 heterocycles. The van der Waals surface area contributed by atoms with Crippen molar-refractivity contribution >= 4 is 5.97 Å². The lowest BCUT2D eigenvalue weighted by atomic mass is 10.0. The van der Waals surface area contributed by atoms with Crippen molar-refractivity contribution in [3.63, 3.8) is 0 Å². The van der Waals surface area contributed by atoms with Gasteiger partial charge in [0.25, 0.3) is 0 Å². The van der Waals surface area contributed by atoms with Gasteiger partial charge in [-0.05, 0) is 12.3 Å². The molecule has 0 amide bonds. The van der Waals surface area contributed by atoms with Gasteiger partial charge in [-0.3, -0.25) is 4.79 Å². The Morgan fingerprint density at radius 1 is 1.13 bits per heavy atom. The Hall–Kier alpha value is -0.530. The molecule has 0 bridgehead atoms. The number of hydrogen-bond donors (Lipinski definition) is 0. The molecule has 0 aromatic carbocycles. The number of unbranched alkanes of at least 4 members (excludes halogenated alkanes) is 3. The third kappa shape index (κ3) is 9.77. The van der Waals surface area contributed by atoms with Crippen molar-refractivity contribution in [1.29, 1.82) is 0 Å². The Balaban J connectivity index is 3.40. The summed E-state index contributed by atoms with van der Waals surface area (Å²) in [7, 11) is 0. The Morgan fingerprint density at radius 2 is 1.80 bits per heavy atom. The summed E-state index contributed by atoms with van der Waals surface area (Å²) in [6.45, 7) is 7.03. The maximum absolute atomic E-state index is 11.3. The van der Waals surface area contributed by atoms with Crippen molar-refractivity contribution in [1.82, 2.24) is 0 Å². The Labute approximate surface area is 94.4 Å². The molecule has 2 nitrogen and oxygen atoms in total. The quantitative estimate of drug-likeness (QED) is 0.429. The number of hydrogen-bond acceptors (Lipinski definition) is 2. The number of esters is 1. The molecule has 0 fully saturated rings. The molecule has 0 rings (SSSR count). The van der Waals surface area contributed by atoms with Gasteiger partial charge < -0.3 is 4.74 Å². The molecule has 0 spiro atoms. The van der Waals surface area contributed by atoms with Crippen LogP contribution in [0.2, 0.25) is 0 Å². The Bertz CT molecular complexity index is 155. The molecule has 0 aromatic rings. The smallest absolute Gasteiger partial charge is 0.306 e. The van der Waals surface area contributed by atoms with E-state index >= 15 is 0 Å². The minimum Gasteiger partial charge on any atom is -0.466 e. The van der Waals surface area contributed by atoms with Gasteiger partial charge in [0, 0.05) is 6.42 Å². The van der Waals surface area contributed by atoms with Gasteiger partial charge in [0.05, 0.1) is 6.61 Å². The van der Waals surface area contributed by atoms with Crippen LogP contribution in [0, 0.1) is 5.92 Å². The first-order valence-corrected chi connectivity index (χ1v) is 6.36. The van der Waals surface area contributed by atoms with E-state index in [1.54, 1.807) is 0 Å². The molecular formula is C13H26O2. The number of ether oxygens (including phenoxy) is 1. The second-order valence-corrected chi connectivity index (χ2v) is 4.38. The van der Waals surface area contributed by atoms with Gasteiger partial charge in [-0.25, -0.2) is 0 Å². The van der Waals surface area contributed by atoms with Gasteiger partial charge in [0.1, 0.15) is 0 Å². The van der Waals surface area contributed by atoms with E-state index in [-0.39, 0.29) is 5.97 Å². The zero-order chi connectivity index (χ0) is 11.5. The molecule has 0 aliphatic carbocycles. The molecule has 90 valence electrons.